The van der Waals surface area contributed by atoms with E-state index in [1.807, 2.05) is 50.2 Å². The molecule has 0 unspecified atom stereocenters. The van der Waals surface area contributed by atoms with Crippen LogP contribution in [0.3, 0.4) is 0 Å². The third-order valence-electron chi connectivity index (χ3n) is 4.45. The summed E-state index contributed by atoms with van der Waals surface area (Å²) < 4.78 is 5.92. The molecule has 25 heavy (non-hydrogen) atoms. The van der Waals surface area contributed by atoms with Crippen molar-refractivity contribution in [2.24, 2.45) is 5.92 Å². The number of rotatable bonds is 7. The summed E-state index contributed by atoms with van der Waals surface area (Å²) in [7, 11) is 0. The van der Waals surface area contributed by atoms with Gasteiger partial charge in [0.15, 0.2) is 6.10 Å². The summed E-state index contributed by atoms with van der Waals surface area (Å²) in [6.45, 7) is 10.2. The van der Waals surface area contributed by atoms with E-state index >= 15 is 0 Å². The maximum absolute atomic E-state index is 12.7. The van der Waals surface area contributed by atoms with Crippen molar-refractivity contribution in [1.82, 2.24) is 5.32 Å². The average Bonchev–Trinajstić information content (AvgIpc) is 2.58. The van der Waals surface area contributed by atoms with E-state index in [1.165, 1.54) is 0 Å². The van der Waals surface area contributed by atoms with Crippen LogP contribution >= 0.6 is 0 Å². The van der Waals surface area contributed by atoms with Crippen LogP contribution in [0.5, 0.6) is 5.75 Å². The molecule has 2 atom stereocenters. The minimum Gasteiger partial charge on any atom is -0.481 e. The first kappa shape index (κ1) is 19.0. The lowest BCUT2D eigenvalue weighted by molar-refractivity contribution is -0.128. The molecule has 134 valence electrons. The zero-order valence-corrected chi connectivity index (χ0v) is 15.9. The molecule has 0 bridgehead atoms. The monoisotopic (exact) mass is 339 g/mol. The minimum atomic E-state index is -0.543. The van der Waals surface area contributed by atoms with Gasteiger partial charge in [0.1, 0.15) is 5.75 Å². The summed E-state index contributed by atoms with van der Waals surface area (Å²) >= 11 is 0. The Labute approximate surface area is 151 Å². The number of aryl methyl sites for hydroxylation is 1. The Morgan fingerprint density at radius 2 is 1.68 bits per heavy atom. The highest BCUT2D eigenvalue weighted by molar-refractivity contribution is 5.81. The number of carbonyl (C=O) groups excluding carboxylic acids is 1. The van der Waals surface area contributed by atoms with Gasteiger partial charge in [-0.15, -0.1) is 0 Å². The largest absolute Gasteiger partial charge is 0.481 e. The van der Waals surface area contributed by atoms with Gasteiger partial charge >= 0.3 is 0 Å². The Morgan fingerprint density at radius 3 is 2.32 bits per heavy atom. The first-order valence-electron chi connectivity index (χ1n) is 8.96. The Hall–Kier alpha value is -2.29. The van der Waals surface area contributed by atoms with Crippen molar-refractivity contribution in [3.8, 4) is 5.75 Å². The molecule has 2 rings (SSSR count). The van der Waals surface area contributed by atoms with Gasteiger partial charge in [-0.05, 0) is 55.9 Å². The van der Waals surface area contributed by atoms with E-state index < -0.39 is 6.10 Å². The van der Waals surface area contributed by atoms with Crippen LogP contribution in [0.4, 0.5) is 0 Å². The first-order valence-corrected chi connectivity index (χ1v) is 8.96. The van der Waals surface area contributed by atoms with Gasteiger partial charge < -0.3 is 10.1 Å². The van der Waals surface area contributed by atoms with Gasteiger partial charge in [-0.1, -0.05) is 56.3 Å². The minimum absolute atomic E-state index is 0.00152. The second kappa shape index (κ2) is 8.70. The highest BCUT2D eigenvalue weighted by atomic mass is 16.5. The molecule has 2 aromatic carbocycles. The number of ether oxygens (including phenoxy) is 1. The fourth-order valence-corrected chi connectivity index (χ4v) is 2.82. The van der Waals surface area contributed by atoms with Crippen LogP contribution in [-0.4, -0.2) is 12.0 Å². The molecule has 0 heterocycles. The Kier molecular flexibility index (Phi) is 6.63. The molecule has 2 aromatic rings. The molecule has 1 amide bonds. The van der Waals surface area contributed by atoms with Crippen LogP contribution in [0.15, 0.2) is 48.5 Å². The van der Waals surface area contributed by atoms with E-state index in [0.29, 0.717) is 5.92 Å². The molecule has 0 aliphatic heterocycles. The SMILES string of the molecule is Cc1cccc(O[C@H](C)C(=O)N[C@@H](CC(C)C)c2ccccc2)c1C. The maximum Gasteiger partial charge on any atom is 0.261 e. The number of nitrogens with one attached hydrogen (secondary N) is 1. The van der Waals surface area contributed by atoms with Crippen molar-refractivity contribution >= 4 is 5.91 Å². The van der Waals surface area contributed by atoms with E-state index in [0.717, 1.165) is 28.9 Å². The third kappa shape index (κ3) is 5.35. The second-order valence-electron chi connectivity index (χ2n) is 7.06. The number of amides is 1. The fourth-order valence-electron chi connectivity index (χ4n) is 2.82. The van der Waals surface area contributed by atoms with E-state index in [1.54, 1.807) is 6.92 Å². The summed E-state index contributed by atoms with van der Waals surface area (Å²) in [5, 5.41) is 3.15. The smallest absolute Gasteiger partial charge is 0.261 e. The van der Waals surface area contributed by atoms with Crippen LogP contribution in [0.2, 0.25) is 0 Å². The molecule has 0 saturated heterocycles. The summed E-state index contributed by atoms with van der Waals surface area (Å²) in [5.74, 6) is 1.17. The molecule has 0 spiro atoms. The quantitative estimate of drug-likeness (QED) is 0.773. The van der Waals surface area contributed by atoms with Gasteiger partial charge in [0, 0.05) is 0 Å². The molecular formula is C22H29NO2. The van der Waals surface area contributed by atoms with Gasteiger partial charge in [-0.25, -0.2) is 0 Å². The van der Waals surface area contributed by atoms with Crippen LogP contribution in [0.25, 0.3) is 0 Å². The predicted molar refractivity (Wildman–Crippen MR) is 103 cm³/mol. The topological polar surface area (TPSA) is 38.3 Å². The Bertz CT molecular complexity index is 694. The Balaban J connectivity index is 2.08. The van der Waals surface area contributed by atoms with Gasteiger partial charge in [-0.3, -0.25) is 4.79 Å². The zero-order valence-electron chi connectivity index (χ0n) is 15.9. The lowest BCUT2D eigenvalue weighted by Crippen LogP contribution is -2.39. The third-order valence-corrected chi connectivity index (χ3v) is 4.45. The van der Waals surface area contributed by atoms with Crippen molar-refractivity contribution in [2.75, 3.05) is 0 Å². The lowest BCUT2D eigenvalue weighted by atomic mass is 9.97. The van der Waals surface area contributed by atoms with E-state index in [4.69, 9.17) is 4.74 Å². The predicted octanol–water partition coefficient (Wildman–Crippen LogP) is 4.97. The number of benzene rings is 2. The van der Waals surface area contributed by atoms with Crippen molar-refractivity contribution in [3.05, 3.63) is 65.2 Å². The van der Waals surface area contributed by atoms with E-state index in [9.17, 15) is 4.79 Å². The first-order chi connectivity index (χ1) is 11.9. The molecule has 0 saturated carbocycles. The van der Waals surface area contributed by atoms with Crippen molar-refractivity contribution < 1.29 is 9.53 Å². The second-order valence-corrected chi connectivity index (χ2v) is 7.06. The molecular weight excluding hydrogens is 310 g/mol. The zero-order chi connectivity index (χ0) is 18.4. The maximum atomic E-state index is 12.7. The molecule has 0 radical (unpaired) electrons. The van der Waals surface area contributed by atoms with Crippen LogP contribution in [-0.2, 0) is 4.79 Å². The summed E-state index contributed by atoms with van der Waals surface area (Å²) in [6.07, 6.45) is 0.352. The van der Waals surface area contributed by atoms with Crippen LogP contribution < -0.4 is 10.1 Å². The fraction of sp³-hybridized carbons (Fsp3) is 0.409. The molecule has 1 N–H and O–H groups in total. The highest BCUT2D eigenvalue weighted by Gasteiger charge is 2.21. The van der Waals surface area contributed by atoms with Crippen LogP contribution in [0.1, 0.15) is 49.9 Å². The standard InChI is InChI=1S/C22H29NO2/c1-15(2)14-20(19-11-7-6-8-12-19)23-22(24)18(5)25-21-13-9-10-16(3)17(21)4/h6-13,15,18,20H,14H2,1-5H3,(H,23,24)/t18-,20+/m1/s1. The molecule has 0 aromatic heterocycles. The number of hydrogen-bond donors (Lipinski definition) is 1. The van der Waals surface area contributed by atoms with Gasteiger partial charge in [-0.2, -0.15) is 0 Å². The van der Waals surface area contributed by atoms with Crippen molar-refractivity contribution in [1.29, 1.82) is 0 Å². The number of carbonyl (C=O) groups is 1. The summed E-state index contributed by atoms with van der Waals surface area (Å²) in [4.78, 5) is 12.7. The lowest BCUT2D eigenvalue weighted by Gasteiger charge is -2.24. The van der Waals surface area contributed by atoms with E-state index in [-0.39, 0.29) is 11.9 Å². The van der Waals surface area contributed by atoms with Crippen molar-refractivity contribution in [2.45, 2.75) is 53.2 Å². The van der Waals surface area contributed by atoms with Gasteiger partial charge in [0.2, 0.25) is 0 Å². The van der Waals surface area contributed by atoms with Gasteiger partial charge in [0.25, 0.3) is 5.91 Å². The highest BCUT2D eigenvalue weighted by Crippen LogP contribution is 2.23. The Morgan fingerprint density at radius 1 is 1.00 bits per heavy atom. The van der Waals surface area contributed by atoms with Crippen molar-refractivity contribution in [3.63, 3.8) is 0 Å². The molecule has 3 nitrogen and oxygen atoms in total. The van der Waals surface area contributed by atoms with Gasteiger partial charge in [0.05, 0.1) is 6.04 Å². The molecule has 3 heteroatoms. The average molecular weight is 339 g/mol. The van der Waals surface area contributed by atoms with Crippen LogP contribution in [0, 0.1) is 19.8 Å². The normalized spacial score (nSPS) is 13.4. The molecule has 0 fully saturated rings. The molecule has 0 aliphatic carbocycles. The molecule has 0 aliphatic rings. The van der Waals surface area contributed by atoms with E-state index in [2.05, 4.69) is 31.3 Å². The summed E-state index contributed by atoms with van der Waals surface area (Å²) in [5.41, 5.74) is 3.36. The summed E-state index contributed by atoms with van der Waals surface area (Å²) in [6, 6.07) is 16.0. The number of hydrogen-bond acceptors (Lipinski definition) is 2.